The van der Waals surface area contributed by atoms with Crippen LogP contribution in [0.2, 0.25) is 0 Å². The van der Waals surface area contributed by atoms with Crippen LogP contribution in [0.3, 0.4) is 0 Å². The van der Waals surface area contributed by atoms with E-state index in [9.17, 15) is 28.4 Å². The summed E-state index contributed by atoms with van der Waals surface area (Å²) < 4.78 is 29.9. The summed E-state index contributed by atoms with van der Waals surface area (Å²) >= 11 is 0. The lowest BCUT2D eigenvalue weighted by Crippen LogP contribution is -2.17. The van der Waals surface area contributed by atoms with E-state index in [1.165, 1.54) is 73.8 Å². The first kappa shape index (κ1) is 22.4. The Hall–Kier alpha value is -4.25. The van der Waals surface area contributed by atoms with Gasteiger partial charge in [-0.05, 0) is 61.0 Å². The second kappa shape index (κ2) is 9.27. The second-order valence-electron chi connectivity index (χ2n) is 6.56. The normalized spacial score (nSPS) is 11.3. The first-order chi connectivity index (χ1) is 15.2. The number of benzene rings is 3. The van der Waals surface area contributed by atoms with Crippen LogP contribution in [-0.4, -0.2) is 30.6 Å². The molecule has 0 bridgehead atoms. The van der Waals surface area contributed by atoms with Crippen LogP contribution in [0, 0.1) is 17.0 Å². The highest BCUT2D eigenvalue weighted by atomic mass is 32.2. The van der Waals surface area contributed by atoms with Crippen LogP contribution in [0.4, 0.5) is 5.69 Å². The van der Waals surface area contributed by atoms with Crippen molar-refractivity contribution in [2.24, 2.45) is 5.10 Å². The van der Waals surface area contributed by atoms with E-state index >= 15 is 0 Å². The summed E-state index contributed by atoms with van der Waals surface area (Å²) in [5, 5.41) is 24.2. The minimum absolute atomic E-state index is 0.00539. The number of phenols is 1. The molecule has 0 spiro atoms. The number of nitrogens with one attached hydrogen (secondary N) is 1. The van der Waals surface area contributed by atoms with Crippen molar-refractivity contribution in [3.8, 4) is 11.5 Å². The third-order valence-electron chi connectivity index (χ3n) is 4.24. The molecule has 0 aliphatic heterocycles. The molecule has 1 amide bonds. The summed E-state index contributed by atoms with van der Waals surface area (Å²) in [6.07, 6.45) is 1.34. The maximum absolute atomic E-state index is 12.4. The van der Waals surface area contributed by atoms with Gasteiger partial charge in [0.25, 0.3) is 11.6 Å². The molecule has 164 valence electrons. The molecule has 0 unspecified atom stereocenters. The molecule has 3 aromatic carbocycles. The first-order valence-corrected chi connectivity index (χ1v) is 10.5. The monoisotopic (exact) mass is 455 g/mol. The van der Waals surface area contributed by atoms with E-state index in [1.54, 1.807) is 0 Å². The van der Waals surface area contributed by atoms with E-state index in [0.29, 0.717) is 11.1 Å². The number of hydrogen-bond acceptors (Lipinski definition) is 8. The SMILES string of the molecule is Cc1ccc(S(=O)(=O)Oc2ccc(/C=N\NC(=O)c3cccc(O)c3)cc2)cc1[N+](=O)[O-]. The van der Waals surface area contributed by atoms with Gasteiger partial charge in [-0.3, -0.25) is 14.9 Å². The number of hydrogen-bond donors (Lipinski definition) is 2. The number of nitro groups is 1. The number of hydrazone groups is 1. The molecule has 3 rings (SSSR count). The highest BCUT2D eigenvalue weighted by Crippen LogP contribution is 2.25. The third kappa shape index (κ3) is 5.46. The van der Waals surface area contributed by atoms with Crippen LogP contribution in [-0.2, 0) is 10.1 Å². The number of aryl methyl sites for hydroxylation is 1. The Bertz CT molecular complexity index is 1300. The summed E-state index contributed by atoms with van der Waals surface area (Å²) in [4.78, 5) is 22.0. The fourth-order valence-corrected chi connectivity index (χ4v) is 3.55. The van der Waals surface area contributed by atoms with Gasteiger partial charge in [0.05, 0.1) is 11.1 Å². The van der Waals surface area contributed by atoms with Gasteiger partial charge in [-0.1, -0.05) is 12.1 Å². The average molecular weight is 455 g/mol. The van der Waals surface area contributed by atoms with E-state index in [1.807, 2.05) is 0 Å². The van der Waals surface area contributed by atoms with Crippen molar-refractivity contribution < 1.29 is 27.4 Å². The van der Waals surface area contributed by atoms with E-state index in [4.69, 9.17) is 4.18 Å². The molecule has 0 fully saturated rings. The Kier molecular flexibility index (Phi) is 6.50. The van der Waals surface area contributed by atoms with Crippen LogP contribution in [0.25, 0.3) is 0 Å². The van der Waals surface area contributed by atoms with Gasteiger partial charge in [0, 0.05) is 17.2 Å². The maximum atomic E-state index is 12.4. The zero-order chi connectivity index (χ0) is 23.3. The number of aromatic hydroxyl groups is 1. The molecule has 3 aromatic rings. The average Bonchev–Trinajstić information content (AvgIpc) is 2.74. The summed E-state index contributed by atoms with van der Waals surface area (Å²) in [7, 11) is -4.28. The van der Waals surface area contributed by atoms with Crippen LogP contribution in [0.15, 0.2) is 76.7 Å². The predicted octanol–water partition coefficient (Wildman–Crippen LogP) is 3.14. The molecule has 11 heteroatoms. The number of rotatable bonds is 7. The van der Waals surface area contributed by atoms with E-state index in [2.05, 4.69) is 10.5 Å². The van der Waals surface area contributed by atoms with Gasteiger partial charge in [-0.2, -0.15) is 13.5 Å². The lowest BCUT2D eigenvalue weighted by Gasteiger charge is -2.08. The molecule has 2 N–H and O–H groups in total. The van der Waals surface area contributed by atoms with E-state index in [0.717, 1.165) is 6.07 Å². The molecule has 0 atom stereocenters. The Morgan fingerprint density at radius 1 is 1.12 bits per heavy atom. The van der Waals surface area contributed by atoms with Crippen molar-refractivity contribution in [2.45, 2.75) is 11.8 Å². The van der Waals surface area contributed by atoms with Crippen molar-refractivity contribution >= 4 is 27.9 Å². The Morgan fingerprint density at radius 2 is 1.84 bits per heavy atom. The summed E-state index contributed by atoms with van der Waals surface area (Å²) in [5.41, 5.74) is 3.08. The van der Waals surface area contributed by atoms with Crippen LogP contribution >= 0.6 is 0 Å². The van der Waals surface area contributed by atoms with Crippen molar-refractivity contribution in [1.29, 1.82) is 0 Å². The molecule has 0 radical (unpaired) electrons. The molecule has 0 saturated carbocycles. The maximum Gasteiger partial charge on any atom is 0.339 e. The zero-order valence-corrected chi connectivity index (χ0v) is 17.4. The molecule has 0 aliphatic rings. The highest BCUT2D eigenvalue weighted by molar-refractivity contribution is 7.87. The van der Waals surface area contributed by atoms with Crippen LogP contribution in [0.1, 0.15) is 21.5 Å². The van der Waals surface area contributed by atoms with Crippen LogP contribution < -0.4 is 9.61 Å². The van der Waals surface area contributed by atoms with Crippen LogP contribution in [0.5, 0.6) is 11.5 Å². The van der Waals surface area contributed by atoms with Crippen molar-refractivity contribution in [1.82, 2.24) is 5.43 Å². The van der Waals surface area contributed by atoms with Crippen molar-refractivity contribution in [3.63, 3.8) is 0 Å². The Balaban J connectivity index is 1.66. The summed E-state index contributed by atoms with van der Waals surface area (Å²) in [6, 6.07) is 15.0. The Morgan fingerprint density at radius 3 is 2.50 bits per heavy atom. The van der Waals surface area contributed by atoms with Gasteiger partial charge in [-0.25, -0.2) is 5.43 Å². The largest absolute Gasteiger partial charge is 0.508 e. The van der Waals surface area contributed by atoms with Gasteiger partial charge < -0.3 is 9.29 Å². The zero-order valence-electron chi connectivity index (χ0n) is 16.6. The highest BCUT2D eigenvalue weighted by Gasteiger charge is 2.21. The third-order valence-corrected chi connectivity index (χ3v) is 5.48. The van der Waals surface area contributed by atoms with Crippen molar-refractivity contribution in [3.05, 3.63) is 93.5 Å². The quantitative estimate of drug-likeness (QED) is 0.241. The lowest BCUT2D eigenvalue weighted by molar-refractivity contribution is -0.385. The van der Waals surface area contributed by atoms with Gasteiger partial charge in [0.15, 0.2) is 0 Å². The Labute approximate surface area is 183 Å². The smallest absolute Gasteiger partial charge is 0.339 e. The van der Waals surface area contributed by atoms with Gasteiger partial charge >= 0.3 is 10.1 Å². The first-order valence-electron chi connectivity index (χ1n) is 9.08. The molecule has 0 aliphatic carbocycles. The number of nitro benzene ring substituents is 1. The van der Waals surface area contributed by atoms with E-state index < -0.39 is 20.9 Å². The molecule has 0 heterocycles. The van der Waals surface area contributed by atoms with Crippen molar-refractivity contribution in [2.75, 3.05) is 0 Å². The molecule has 10 nitrogen and oxygen atoms in total. The molecular formula is C21H17N3O7S. The molecule has 32 heavy (non-hydrogen) atoms. The minimum Gasteiger partial charge on any atom is -0.508 e. The second-order valence-corrected chi connectivity index (χ2v) is 8.11. The summed E-state index contributed by atoms with van der Waals surface area (Å²) in [6.45, 7) is 1.50. The minimum atomic E-state index is -4.28. The topological polar surface area (TPSA) is 148 Å². The number of carbonyl (C=O) groups is 1. The van der Waals surface area contributed by atoms with E-state index in [-0.39, 0.29) is 27.6 Å². The van der Waals surface area contributed by atoms with Gasteiger partial charge in [0.1, 0.15) is 16.4 Å². The predicted molar refractivity (Wildman–Crippen MR) is 115 cm³/mol. The molecular weight excluding hydrogens is 438 g/mol. The lowest BCUT2D eigenvalue weighted by atomic mass is 10.2. The number of nitrogens with zero attached hydrogens (tertiary/aromatic N) is 2. The molecule has 0 saturated heterocycles. The standard InChI is InChI=1S/C21H17N3O7S/c1-14-5-10-19(12-20(14)24(27)28)32(29,30)31-18-8-6-15(7-9-18)13-22-23-21(26)16-3-2-4-17(25)11-16/h2-13,25H,1H3,(H,23,26)/b22-13-. The number of amides is 1. The molecule has 0 aromatic heterocycles. The number of carbonyl (C=O) groups excluding carboxylic acids is 1. The fraction of sp³-hybridized carbons (Fsp3) is 0.0476. The van der Waals surface area contributed by atoms with Gasteiger partial charge in [-0.15, -0.1) is 0 Å². The fourth-order valence-electron chi connectivity index (χ4n) is 2.60. The number of phenolic OH excluding ortho intramolecular Hbond substituents is 1. The van der Waals surface area contributed by atoms with Gasteiger partial charge in [0.2, 0.25) is 0 Å². The summed E-state index contributed by atoms with van der Waals surface area (Å²) in [5.74, 6) is -0.572.